The van der Waals surface area contributed by atoms with Gasteiger partial charge in [0.15, 0.2) is 0 Å². The van der Waals surface area contributed by atoms with Crippen molar-refractivity contribution in [3.63, 3.8) is 0 Å². The van der Waals surface area contributed by atoms with E-state index in [2.05, 4.69) is 24.5 Å². The van der Waals surface area contributed by atoms with Gasteiger partial charge in [-0.1, -0.05) is 6.92 Å². The number of hydrogen-bond donors (Lipinski definition) is 1. The maximum atomic E-state index is 4.26. The molecular weight excluding hydrogens is 174 g/mol. The molecule has 62 valence electrons. The zero-order valence-corrected chi connectivity index (χ0v) is 8.37. The third kappa shape index (κ3) is 2.83. The minimum absolute atomic E-state index is 0.613. The Hall–Kier alpha value is -0.0200. The normalized spacial score (nSPS) is 13.3. The summed E-state index contributed by atoms with van der Waals surface area (Å²) in [4.78, 5) is 4.26. The number of nitrogens with zero attached hydrogens (tertiary/aromatic N) is 1. The Morgan fingerprint density at radius 3 is 3.09 bits per heavy atom. The molecule has 1 atom stereocenters. The van der Waals surface area contributed by atoms with E-state index in [1.54, 1.807) is 11.3 Å². The first-order valence-electron chi connectivity index (χ1n) is 3.85. The van der Waals surface area contributed by atoms with Crippen LogP contribution in [0.1, 0.15) is 30.7 Å². The largest absolute Gasteiger partial charge is 0.249 e. The number of thiazole rings is 1. The summed E-state index contributed by atoms with van der Waals surface area (Å²) in [6.45, 7) is 2.22. The summed E-state index contributed by atoms with van der Waals surface area (Å²) in [6.07, 6.45) is 4.26. The highest BCUT2D eigenvalue weighted by molar-refractivity contribution is 7.80. The summed E-state index contributed by atoms with van der Waals surface area (Å²) in [5.41, 5.74) is 0. The van der Waals surface area contributed by atoms with E-state index in [4.69, 9.17) is 0 Å². The summed E-state index contributed by atoms with van der Waals surface area (Å²) >= 11 is 5.92. The molecule has 1 rings (SSSR count). The first-order chi connectivity index (χ1) is 5.34. The maximum absolute atomic E-state index is 4.26. The van der Waals surface area contributed by atoms with E-state index < -0.39 is 0 Å². The van der Waals surface area contributed by atoms with Gasteiger partial charge in [0.1, 0.15) is 0 Å². The molecule has 0 aliphatic heterocycles. The first-order valence-corrected chi connectivity index (χ1v) is 5.36. The zero-order valence-electron chi connectivity index (χ0n) is 6.66. The maximum Gasteiger partial charge on any atom is 0.0953 e. The van der Waals surface area contributed by atoms with Crippen molar-refractivity contribution in [2.45, 2.75) is 25.7 Å². The molecule has 1 unspecified atom stereocenters. The molecule has 0 amide bonds. The molecule has 0 bridgehead atoms. The summed E-state index contributed by atoms with van der Waals surface area (Å²) in [5.74, 6) is 1.59. The zero-order chi connectivity index (χ0) is 8.10. The molecule has 1 heterocycles. The lowest BCUT2D eigenvalue weighted by atomic mass is 10.1. The van der Waals surface area contributed by atoms with Gasteiger partial charge in [-0.05, 0) is 18.6 Å². The van der Waals surface area contributed by atoms with Gasteiger partial charge in [-0.25, -0.2) is 4.98 Å². The van der Waals surface area contributed by atoms with E-state index in [1.807, 2.05) is 11.6 Å². The van der Waals surface area contributed by atoms with Gasteiger partial charge >= 0.3 is 0 Å². The Labute approximate surface area is 77.3 Å². The standard InChI is InChI=1S/C8H13NS2/c1-7(3-2-5-10)8-9-4-6-11-8/h4,6-7,10H,2-3,5H2,1H3. The van der Waals surface area contributed by atoms with Crippen LogP contribution in [0.5, 0.6) is 0 Å². The smallest absolute Gasteiger partial charge is 0.0953 e. The van der Waals surface area contributed by atoms with Gasteiger partial charge in [-0.15, -0.1) is 11.3 Å². The summed E-state index contributed by atoms with van der Waals surface area (Å²) < 4.78 is 0. The van der Waals surface area contributed by atoms with Gasteiger partial charge in [0.25, 0.3) is 0 Å². The average molecular weight is 187 g/mol. The monoisotopic (exact) mass is 187 g/mol. The van der Waals surface area contributed by atoms with Gasteiger partial charge in [0.05, 0.1) is 5.01 Å². The highest BCUT2D eigenvalue weighted by Crippen LogP contribution is 2.22. The SMILES string of the molecule is CC(CCCS)c1nccs1. The Kier molecular flexibility index (Phi) is 3.94. The topological polar surface area (TPSA) is 12.9 Å². The van der Waals surface area contributed by atoms with Crippen molar-refractivity contribution in [2.75, 3.05) is 5.75 Å². The lowest BCUT2D eigenvalue weighted by Crippen LogP contribution is -1.92. The van der Waals surface area contributed by atoms with E-state index >= 15 is 0 Å². The number of aromatic nitrogens is 1. The first kappa shape index (κ1) is 9.07. The fourth-order valence-electron chi connectivity index (χ4n) is 0.999. The second kappa shape index (κ2) is 4.78. The quantitative estimate of drug-likeness (QED) is 0.715. The second-order valence-corrected chi connectivity index (χ2v) is 4.01. The van der Waals surface area contributed by atoms with Crippen LogP contribution in [0.4, 0.5) is 0 Å². The predicted molar refractivity (Wildman–Crippen MR) is 53.6 cm³/mol. The van der Waals surface area contributed by atoms with Crippen LogP contribution in [0, 0.1) is 0 Å². The minimum atomic E-state index is 0.613. The molecule has 0 saturated carbocycles. The number of rotatable bonds is 4. The molecule has 0 aliphatic rings. The molecule has 3 heteroatoms. The van der Waals surface area contributed by atoms with Crippen LogP contribution in [0.15, 0.2) is 11.6 Å². The van der Waals surface area contributed by atoms with Gasteiger partial charge < -0.3 is 0 Å². The highest BCUT2D eigenvalue weighted by Gasteiger charge is 2.06. The van der Waals surface area contributed by atoms with Gasteiger partial charge in [-0.2, -0.15) is 12.6 Å². The molecule has 1 aromatic heterocycles. The van der Waals surface area contributed by atoms with Crippen molar-refractivity contribution in [2.24, 2.45) is 0 Å². The fourth-order valence-corrected chi connectivity index (χ4v) is 1.91. The third-order valence-corrected chi connectivity index (χ3v) is 2.99. The summed E-state index contributed by atoms with van der Waals surface area (Å²) in [6, 6.07) is 0. The van der Waals surface area contributed by atoms with Crippen molar-refractivity contribution >= 4 is 24.0 Å². The third-order valence-electron chi connectivity index (χ3n) is 1.67. The second-order valence-electron chi connectivity index (χ2n) is 2.64. The molecule has 11 heavy (non-hydrogen) atoms. The Balaban J connectivity index is 2.36. The fraction of sp³-hybridized carbons (Fsp3) is 0.625. The van der Waals surface area contributed by atoms with E-state index in [9.17, 15) is 0 Å². The van der Waals surface area contributed by atoms with Gasteiger partial charge in [0, 0.05) is 17.5 Å². The van der Waals surface area contributed by atoms with Crippen LogP contribution in [0.25, 0.3) is 0 Å². The van der Waals surface area contributed by atoms with E-state index in [1.165, 1.54) is 17.8 Å². The predicted octanol–water partition coefficient (Wildman–Crippen LogP) is 2.96. The van der Waals surface area contributed by atoms with Crippen molar-refractivity contribution in [3.05, 3.63) is 16.6 Å². The summed E-state index contributed by atoms with van der Waals surface area (Å²) in [5, 5.41) is 3.29. The molecular formula is C8H13NS2. The molecule has 1 nitrogen and oxygen atoms in total. The van der Waals surface area contributed by atoms with Gasteiger partial charge in [-0.3, -0.25) is 0 Å². The Bertz CT molecular complexity index is 184. The Morgan fingerprint density at radius 2 is 2.55 bits per heavy atom. The molecule has 0 aromatic carbocycles. The van der Waals surface area contributed by atoms with Crippen molar-refractivity contribution in [1.29, 1.82) is 0 Å². The van der Waals surface area contributed by atoms with Crippen molar-refractivity contribution in [1.82, 2.24) is 4.98 Å². The van der Waals surface area contributed by atoms with Crippen molar-refractivity contribution in [3.8, 4) is 0 Å². The van der Waals surface area contributed by atoms with Crippen LogP contribution < -0.4 is 0 Å². The molecule has 0 aliphatic carbocycles. The lowest BCUT2D eigenvalue weighted by molar-refractivity contribution is 0.665. The van der Waals surface area contributed by atoms with Crippen LogP contribution >= 0.6 is 24.0 Å². The average Bonchev–Trinajstić information content (AvgIpc) is 2.52. The van der Waals surface area contributed by atoms with E-state index in [0.717, 1.165) is 5.75 Å². The van der Waals surface area contributed by atoms with Crippen LogP contribution in [0.2, 0.25) is 0 Å². The highest BCUT2D eigenvalue weighted by atomic mass is 32.1. The van der Waals surface area contributed by atoms with Crippen LogP contribution in [-0.4, -0.2) is 10.7 Å². The van der Waals surface area contributed by atoms with E-state index in [-0.39, 0.29) is 0 Å². The minimum Gasteiger partial charge on any atom is -0.249 e. The van der Waals surface area contributed by atoms with E-state index in [0.29, 0.717) is 5.92 Å². The number of thiol groups is 1. The molecule has 0 radical (unpaired) electrons. The molecule has 0 fully saturated rings. The molecule has 0 spiro atoms. The van der Waals surface area contributed by atoms with Crippen LogP contribution in [0.3, 0.4) is 0 Å². The number of hydrogen-bond acceptors (Lipinski definition) is 3. The Morgan fingerprint density at radius 1 is 1.73 bits per heavy atom. The molecule has 1 aromatic rings. The van der Waals surface area contributed by atoms with Crippen molar-refractivity contribution < 1.29 is 0 Å². The van der Waals surface area contributed by atoms with Gasteiger partial charge in [0.2, 0.25) is 0 Å². The molecule has 0 N–H and O–H groups in total. The van der Waals surface area contributed by atoms with Crippen LogP contribution in [-0.2, 0) is 0 Å². The summed E-state index contributed by atoms with van der Waals surface area (Å²) in [7, 11) is 0. The lowest BCUT2D eigenvalue weighted by Gasteiger charge is -2.05. The molecule has 0 saturated heterocycles.